The number of nitrogens with zero attached hydrogens (tertiary/aromatic N) is 5. The number of hydrogen-bond donors (Lipinski definition) is 2. The second kappa shape index (κ2) is 12.1. The molecule has 4 aromatic rings. The summed E-state index contributed by atoms with van der Waals surface area (Å²) in [6.45, 7) is 2.00. The predicted molar refractivity (Wildman–Crippen MR) is 145 cm³/mol. The molecule has 1 aliphatic rings. The van der Waals surface area contributed by atoms with Crippen LogP contribution in [0.15, 0.2) is 42.7 Å². The molecule has 5 rings (SSSR count). The molecule has 40 heavy (non-hydrogen) atoms. The molecule has 0 radical (unpaired) electrons. The lowest BCUT2D eigenvalue weighted by Crippen LogP contribution is -2.37. The zero-order valence-electron chi connectivity index (χ0n) is 21.5. The van der Waals surface area contributed by atoms with Crippen molar-refractivity contribution in [3.63, 3.8) is 0 Å². The van der Waals surface area contributed by atoms with Gasteiger partial charge >= 0.3 is 0 Å². The first-order valence-electron chi connectivity index (χ1n) is 12.4. The maximum Gasteiger partial charge on any atom is 0.219 e. The summed E-state index contributed by atoms with van der Waals surface area (Å²) in [4.78, 5) is 19.7. The standard InChI is InChI=1S/C26H27F2N7O4S/c1-38-21-12-15(17-3-2-4-18(22(17)28)20(27)5-6-32-40(36)37)11-19-23(21)33-24(16-13-30-26(29)31-14-16)34-25(19)35-7-9-39-10-8-35/h2-4,11-14,20,32H,5-10H2,1H3,(H,36,37)(H2,29,30,31)/p-1. The Kier molecular flexibility index (Phi) is 8.40. The Hall–Kier alpha value is -3.85. The van der Waals surface area contributed by atoms with Gasteiger partial charge in [-0.05, 0) is 24.1 Å². The minimum atomic E-state index is -2.53. The van der Waals surface area contributed by atoms with Gasteiger partial charge in [-0.1, -0.05) is 18.2 Å². The number of morpholine rings is 1. The highest BCUT2D eigenvalue weighted by atomic mass is 32.2. The quantitative estimate of drug-likeness (QED) is 0.287. The van der Waals surface area contributed by atoms with E-state index in [4.69, 9.17) is 25.2 Å². The van der Waals surface area contributed by atoms with E-state index < -0.39 is 23.3 Å². The number of rotatable bonds is 9. The molecule has 2 atom stereocenters. The Balaban J connectivity index is 1.64. The van der Waals surface area contributed by atoms with E-state index >= 15 is 4.39 Å². The lowest BCUT2D eigenvalue weighted by Gasteiger charge is -2.29. The molecular weight excluding hydrogens is 544 g/mol. The van der Waals surface area contributed by atoms with Crippen molar-refractivity contribution in [2.45, 2.75) is 12.6 Å². The third-order valence-electron chi connectivity index (χ3n) is 6.50. The molecule has 0 amide bonds. The number of halogens is 2. The molecule has 14 heteroatoms. The number of alkyl halides is 1. The van der Waals surface area contributed by atoms with E-state index in [-0.39, 0.29) is 30.0 Å². The third kappa shape index (κ3) is 5.84. The number of fused-ring (bicyclic) bond motifs is 1. The van der Waals surface area contributed by atoms with E-state index in [1.54, 1.807) is 24.3 Å². The van der Waals surface area contributed by atoms with E-state index in [1.165, 1.54) is 25.6 Å². The Labute approximate surface area is 231 Å². The number of hydrogen-bond acceptors (Lipinski definition) is 10. The molecule has 1 saturated heterocycles. The molecule has 210 valence electrons. The molecule has 0 bridgehead atoms. The number of anilines is 2. The number of nitrogen functional groups attached to an aromatic ring is 1. The van der Waals surface area contributed by atoms with Gasteiger partial charge in [0.1, 0.15) is 29.1 Å². The van der Waals surface area contributed by atoms with Gasteiger partial charge in [0.2, 0.25) is 5.95 Å². The van der Waals surface area contributed by atoms with Crippen LogP contribution in [-0.2, 0) is 16.0 Å². The van der Waals surface area contributed by atoms with Crippen molar-refractivity contribution in [3.05, 3.63) is 54.1 Å². The van der Waals surface area contributed by atoms with Crippen molar-refractivity contribution in [1.29, 1.82) is 0 Å². The van der Waals surface area contributed by atoms with Crippen molar-refractivity contribution >= 4 is 33.9 Å². The number of ether oxygens (including phenoxy) is 2. The van der Waals surface area contributed by atoms with Gasteiger partial charge in [0.15, 0.2) is 5.82 Å². The minimum absolute atomic E-state index is 0.122. The first-order valence-corrected chi connectivity index (χ1v) is 13.5. The van der Waals surface area contributed by atoms with Crippen LogP contribution in [0.4, 0.5) is 20.5 Å². The van der Waals surface area contributed by atoms with Crippen molar-refractivity contribution in [2.24, 2.45) is 0 Å². The number of methoxy groups -OCH3 is 1. The van der Waals surface area contributed by atoms with Crippen LogP contribution in [0, 0.1) is 5.82 Å². The molecule has 11 nitrogen and oxygen atoms in total. The molecule has 1 fully saturated rings. The van der Waals surface area contributed by atoms with Crippen LogP contribution in [0.25, 0.3) is 33.4 Å². The molecule has 3 N–H and O–H groups in total. The van der Waals surface area contributed by atoms with Crippen LogP contribution in [0.3, 0.4) is 0 Å². The van der Waals surface area contributed by atoms with Crippen molar-refractivity contribution < 1.29 is 27.0 Å². The molecular formula is C26H26F2N7O4S-. The minimum Gasteiger partial charge on any atom is -0.760 e. The largest absolute Gasteiger partial charge is 0.760 e. The number of nitrogens with two attached hydrogens (primary N) is 1. The number of aromatic nitrogens is 4. The van der Waals surface area contributed by atoms with Crippen LogP contribution in [0.5, 0.6) is 5.75 Å². The van der Waals surface area contributed by atoms with Gasteiger partial charge in [0.05, 0.1) is 25.9 Å². The topological polar surface area (TPSA) is 151 Å². The summed E-state index contributed by atoms with van der Waals surface area (Å²) in [5.74, 6) is 0.699. The van der Waals surface area contributed by atoms with E-state index in [2.05, 4.69) is 19.6 Å². The fraction of sp³-hybridized carbons (Fsp3) is 0.308. The summed E-state index contributed by atoms with van der Waals surface area (Å²) >= 11 is -2.53. The maximum absolute atomic E-state index is 15.7. The first-order chi connectivity index (χ1) is 19.4. The summed E-state index contributed by atoms with van der Waals surface area (Å²) in [7, 11) is 1.48. The highest BCUT2D eigenvalue weighted by Crippen LogP contribution is 2.39. The Bertz CT molecular complexity index is 1540. The van der Waals surface area contributed by atoms with Gasteiger partial charge in [-0.2, -0.15) is 0 Å². The average molecular weight is 571 g/mol. The van der Waals surface area contributed by atoms with Crippen LogP contribution in [-0.4, -0.2) is 68.7 Å². The summed E-state index contributed by atoms with van der Waals surface area (Å²) in [5, 5.41) is 0.611. The van der Waals surface area contributed by atoms with Crippen molar-refractivity contribution in [1.82, 2.24) is 24.7 Å². The molecule has 0 spiro atoms. The Morgan fingerprint density at radius 1 is 1.20 bits per heavy atom. The smallest absolute Gasteiger partial charge is 0.219 e. The zero-order chi connectivity index (χ0) is 28.2. The van der Waals surface area contributed by atoms with E-state index in [9.17, 15) is 13.2 Å². The lowest BCUT2D eigenvalue weighted by atomic mass is 9.97. The summed E-state index contributed by atoms with van der Waals surface area (Å²) in [6.07, 6.45) is 1.13. The third-order valence-corrected chi connectivity index (χ3v) is 6.94. The monoisotopic (exact) mass is 570 g/mol. The lowest BCUT2D eigenvalue weighted by molar-refractivity contribution is 0.122. The number of benzene rings is 2. The average Bonchev–Trinajstić information content (AvgIpc) is 2.96. The normalized spacial score (nSPS) is 15.2. The van der Waals surface area contributed by atoms with Gasteiger partial charge in [-0.3, -0.25) is 4.21 Å². The molecule has 0 aliphatic carbocycles. The fourth-order valence-corrected chi connectivity index (χ4v) is 4.82. The van der Waals surface area contributed by atoms with Crippen molar-refractivity contribution in [3.8, 4) is 28.3 Å². The molecule has 2 aromatic heterocycles. The summed E-state index contributed by atoms with van der Waals surface area (Å²) in [6, 6.07) is 7.84. The van der Waals surface area contributed by atoms with Gasteiger partial charge < -0.3 is 24.7 Å². The second-order valence-electron chi connectivity index (χ2n) is 8.97. The van der Waals surface area contributed by atoms with E-state index in [0.717, 1.165) is 0 Å². The highest BCUT2D eigenvalue weighted by molar-refractivity contribution is 7.77. The van der Waals surface area contributed by atoms with E-state index in [0.29, 0.717) is 65.7 Å². The second-order valence-corrected chi connectivity index (χ2v) is 9.73. The fourth-order valence-electron chi connectivity index (χ4n) is 4.53. The number of nitrogens with one attached hydrogen (secondary N) is 1. The Morgan fingerprint density at radius 2 is 1.95 bits per heavy atom. The van der Waals surface area contributed by atoms with Gasteiger partial charge in [0, 0.05) is 59.8 Å². The van der Waals surface area contributed by atoms with E-state index in [1.807, 2.05) is 0 Å². The van der Waals surface area contributed by atoms with Crippen LogP contribution >= 0.6 is 0 Å². The van der Waals surface area contributed by atoms with Crippen LogP contribution in [0.2, 0.25) is 0 Å². The molecule has 0 saturated carbocycles. The predicted octanol–water partition coefficient (Wildman–Crippen LogP) is 3.10. The first kappa shape index (κ1) is 27.7. The zero-order valence-corrected chi connectivity index (χ0v) is 22.3. The van der Waals surface area contributed by atoms with Gasteiger partial charge in [-0.15, -0.1) is 0 Å². The molecule has 2 aromatic carbocycles. The van der Waals surface area contributed by atoms with Crippen LogP contribution in [0.1, 0.15) is 18.2 Å². The molecule has 1 aliphatic heterocycles. The molecule has 2 unspecified atom stereocenters. The van der Waals surface area contributed by atoms with Gasteiger partial charge in [0.25, 0.3) is 0 Å². The SMILES string of the molecule is COc1cc(-c2cccc(C(F)CCNS(=O)[O-])c2F)cc2c(N3CCOCC3)nc(-c3cnc(N)nc3)nc12. The van der Waals surface area contributed by atoms with Gasteiger partial charge in [-0.25, -0.2) is 33.4 Å². The summed E-state index contributed by atoms with van der Waals surface area (Å²) in [5.41, 5.74) is 7.13. The molecule has 3 heterocycles. The maximum atomic E-state index is 15.7. The van der Waals surface area contributed by atoms with Crippen molar-refractivity contribution in [2.75, 3.05) is 50.6 Å². The highest BCUT2D eigenvalue weighted by Gasteiger charge is 2.23. The summed E-state index contributed by atoms with van der Waals surface area (Å²) < 4.78 is 65.3. The Morgan fingerprint density at radius 3 is 2.65 bits per heavy atom. The van der Waals surface area contributed by atoms with Crippen LogP contribution < -0.4 is 20.1 Å².